The van der Waals surface area contributed by atoms with Crippen LogP contribution in [0.15, 0.2) is 127 Å². The molecule has 6 aromatic rings. The Labute approximate surface area is 242 Å². The van der Waals surface area contributed by atoms with Crippen LogP contribution in [0.5, 0.6) is 5.75 Å². The van der Waals surface area contributed by atoms with Gasteiger partial charge in [-0.2, -0.15) is 0 Å². The third kappa shape index (κ3) is 5.34. The maximum Gasteiger partial charge on any atom is 0.305 e. The van der Waals surface area contributed by atoms with Crippen LogP contribution in [0.4, 0.5) is 0 Å². The molecule has 0 radical (unpaired) electrons. The molecule has 0 bridgehead atoms. The van der Waals surface area contributed by atoms with E-state index in [0.29, 0.717) is 12.8 Å². The van der Waals surface area contributed by atoms with Gasteiger partial charge in [0.25, 0.3) is 0 Å². The first-order valence-corrected chi connectivity index (χ1v) is 15.1. The highest BCUT2D eigenvalue weighted by Crippen LogP contribution is 2.45. The molecule has 0 saturated carbocycles. The van der Waals surface area contributed by atoms with E-state index in [2.05, 4.69) is 127 Å². The number of benzene rings is 6. The Kier molecular flexibility index (Phi) is 7.80. The van der Waals surface area contributed by atoms with Crippen LogP contribution in [-0.4, -0.2) is 20.2 Å². The van der Waals surface area contributed by atoms with E-state index in [1.54, 1.807) is 7.11 Å². The van der Waals surface area contributed by atoms with Crippen molar-refractivity contribution in [1.29, 1.82) is 0 Å². The van der Waals surface area contributed by atoms with E-state index >= 15 is 0 Å². The number of carbonyl (C=O) groups is 1. The van der Waals surface area contributed by atoms with Crippen molar-refractivity contribution >= 4 is 51.3 Å². The van der Waals surface area contributed by atoms with Crippen molar-refractivity contribution in [3.05, 3.63) is 133 Å². The summed E-state index contributed by atoms with van der Waals surface area (Å²) in [5, 5.41) is 8.52. The number of hydrogen-bond donors (Lipinski definition) is 0. The van der Waals surface area contributed by atoms with Gasteiger partial charge in [0.2, 0.25) is 0 Å². The molecule has 4 heteroatoms. The minimum atomic E-state index is -0.865. The smallest absolute Gasteiger partial charge is 0.305 e. The van der Waals surface area contributed by atoms with Crippen molar-refractivity contribution in [1.82, 2.24) is 0 Å². The summed E-state index contributed by atoms with van der Waals surface area (Å²) in [6, 6.07) is 45.5. The first-order chi connectivity index (χ1) is 20.2. The SMILES string of the molecule is COC(=O)CCc1ccc2c(-c3c(P(c4ccccc4)c4ccccc4)ccc4ccccc34)c(OC)ccc2c1. The van der Waals surface area contributed by atoms with Crippen molar-refractivity contribution in [3.8, 4) is 16.9 Å². The molecule has 0 N–H and O–H groups in total. The molecule has 6 aromatic carbocycles. The molecule has 0 heterocycles. The zero-order valence-corrected chi connectivity index (χ0v) is 24.1. The van der Waals surface area contributed by atoms with Gasteiger partial charge in [-0.3, -0.25) is 4.79 Å². The molecule has 0 aromatic heterocycles. The summed E-state index contributed by atoms with van der Waals surface area (Å²) in [6.07, 6.45) is 0.994. The number of hydrogen-bond acceptors (Lipinski definition) is 3. The number of esters is 1. The molecule has 0 unspecified atom stereocenters. The third-order valence-corrected chi connectivity index (χ3v) is 10.0. The molecule has 0 aliphatic carbocycles. The molecule has 0 fully saturated rings. The first-order valence-electron chi connectivity index (χ1n) is 13.8. The second-order valence-corrected chi connectivity index (χ2v) is 12.1. The highest BCUT2D eigenvalue weighted by Gasteiger charge is 2.25. The molecule has 0 spiro atoms. The van der Waals surface area contributed by atoms with Crippen molar-refractivity contribution in [2.24, 2.45) is 0 Å². The Morgan fingerprint density at radius 2 is 1.27 bits per heavy atom. The van der Waals surface area contributed by atoms with Gasteiger partial charge >= 0.3 is 5.97 Å². The quantitative estimate of drug-likeness (QED) is 0.144. The first kappa shape index (κ1) is 26.7. The van der Waals surface area contributed by atoms with Gasteiger partial charge in [0.1, 0.15) is 5.75 Å². The van der Waals surface area contributed by atoms with Gasteiger partial charge in [0.05, 0.1) is 14.2 Å². The van der Waals surface area contributed by atoms with Gasteiger partial charge in [-0.25, -0.2) is 0 Å². The van der Waals surface area contributed by atoms with E-state index in [1.807, 2.05) is 0 Å². The third-order valence-electron chi connectivity index (χ3n) is 7.54. The Morgan fingerprint density at radius 3 is 1.95 bits per heavy atom. The van der Waals surface area contributed by atoms with Gasteiger partial charge < -0.3 is 9.47 Å². The highest BCUT2D eigenvalue weighted by molar-refractivity contribution is 7.80. The van der Waals surface area contributed by atoms with Crippen LogP contribution in [0.1, 0.15) is 12.0 Å². The lowest BCUT2D eigenvalue weighted by molar-refractivity contribution is -0.140. The van der Waals surface area contributed by atoms with Crippen LogP contribution in [0.25, 0.3) is 32.7 Å². The van der Waals surface area contributed by atoms with Crippen LogP contribution in [0.2, 0.25) is 0 Å². The van der Waals surface area contributed by atoms with Gasteiger partial charge in [-0.1, -0.05) is 121 Å². The number of aryl methyl sites for hydroxylation is 1. The van der Waals surface area contributed by atoms with Crippen LogP contribution in [0.3, 0.4) is 0 Å². The van der Waals surface area contributed by atoms with Crippen LogP contribution >= 0.6 is 7.92 Å². The monoisotopic (exact) mass is 554 g/mol. The Bertz CT molecular complexity index is 1790. The average Bonchev–Trinajstić information content (AvgIpc) is 3.04. The maximum atomic E-state index is 11.8. The molecule has 6 rings (SSSR count). The predicted molar refractivity (Wildman–Crippen MR) is 172 cm³/mol. The van der Waals surface area contributed by atoms with E-state index in [-0.39, 0.29) is 5.97 Å². The number of carbonyl (C=O) groups excluding carboxylic acids is 1. The molecule has 0 amide bonds. The lowest BCUT2D eigenvalue weighted by Gasteiger charge is -2.25. The van der Waals surface area contributed by atoms with E-state index in [4.69, 9.17) is 9.47 Å². The van der Waals surface area contributed by atoms with Gasteiger partial charge in [0, 0.05) is 17.5 Å². The second-order valence-electron chi connectivity index (χ2n) is 9.96. The fourth-order valence-corrected chi connectivity index (χ4v) is 8.06. The largest absolute Gasteiger partial charge is 0.496 e. The standard InChI is InChI=1S/C37H31O3P/c1-39-33-22-19-28-25-26(18-24-35(38)40-2)17-21-32(28)36(33)37-31-16-10-9-11-27(31)20-23-34(37)41(29-12-5-3-6-13-29)30-14-7-4-8-15-30/h3-17,19-23,25H,18,24H2,1-2H3. The summed E-state index contributed by atoms with van der Waals surface area (Å²) in [4.78, 5) is 11.8. The summed E-state index contributed by atoms with van der Waals surface area (Å²) >= 11 is 0. The Hall–Kier alpha value is -4.46. The molecule has 0 aliphatic heterocycles. The Balaban J connectivity index is 1.65. The minimum absolute atomic E-state index is 0.198. The molecule has 0 saturated heterocycles. The molecule has 202 valence electrons. The fraction of sp³-hybridized carbons (Fsp3) is 0.108. The van der Waals surface area contributed by atoms with E-state index in [9.17, 15) is 4.79 Å². The summed E-state index contributed by atoms with van der Waals surface area (Å²) in [6.45, 7) is 0. The normalized spacial score (nSPS) is 11.2. The zero-order chi connectivity index (χ0) is 28.2. The fourth-order valence-electron chi connectivity index (χ4n) is 5.58. The summed E-state index contributed by atoms with van der Waals surface area (Å²) in [5.41, 5.74) is 3.40. The van der Waals surface area contributed by atoms with E-state index < -0.39 is 7.92 Å². The van der Waals surface area contributed by atoms with Gasteiger partial charge in [-0.05, 0) is 63.4 Å². The predicted octanol–water partition coefficient (Wildman–Crippen LogP) is 7.53. The van der Waals surface area contributed by atoms with Crippen molar-refractivity contribution in [2.45, 2.75) is 12.8 Å². The number of fused-ring (bicyclic) bond motifs is 2. The molecule has 41 heavy (non-hydrogen) atoms. The Morgan fingerprint density at radius 1 is 0.634 bits per heavy atom. The van der Waals surface area contributed by atoms with Crippen molar-refractivity contribution in [2.75, 3.05) is 14.2 Å². The minimum Gasteiger partial charge on any atom is -0.496 e. The molecule has 0 aliphatic rings. The highest BCUT2D eigenvalue weighted by atomic mass is 31.1. The topological polar surface area (TPSA) is 35.5 Å². The zero-order valence-electron chi connectivity index (χ0n) is 23.2. The van der Waals surface area contributed by atoms with Crippen molar-refractivity contribution < 1.29 is 14.3 Å². The molecule has 3 nitrogen and oxygen atoms in total. The number of ether oxygens (including phenoxy) is 2. The van der Waals surface area contributed by atoms with E-state index in [1.165, 1.54) is 39.4 Å². The van der Waals surface area contributed by atoms with Crippen molar-refractivity contribution in [3.63, 3.8) is 0 Å². The maximum absolute atomic E-state index is 11.8. The van der Waals surface area contributed by atoms with Crippen LogP contribution < -0.4 is 20.7 Å². The average molecular weight is 555 g/mol. The second kappa shape index (κ2) is 12.0. The molecule has 0 atom stereocenters. The van der Waals surface area contributed by atoms with Gasteiger partial charge in [-0.15, -0.1) is 0 Å². The lowest BCUT2D eigenvalue weighted by atomic mass is 9.92. The molecular weight excluding hydrogens is 523 g/mol. The summed E-state index contributed by atoms with van der Waals surface area (Å²) in [5.74, 6) is 0.643. The lowest BCUT2D eigenvalue weighted by Crippen LogP contribution is -2.22. The number of methoxy groups -OCH3 is 2. The molecular formula is C37H31O3P. The van der Waals surface area contributed by atoms with E-state index in [0.717, 1.165) is 27.6 Å². The van der Waals surface area contributed by atoms with Crippen LogP contribution in [0, 0.1) is 0 Å². The summed E-state index contributed by atoms with van der Waals surface area (Å²) in [7, 11) is 2.32. The number of rotatable bonds is 8. The van der Waals surface area contributed by atoms with Crippen LogP contribution in [-0.2, 0) is 16.0 Å². The summed E-state index contributed by atoms with van der Waals surface area (Å²) < 4.78 is 10.9. The van der Waals surface area contributed by atoms with Gasteiger partial charge in [0.15, 0.2) is 0 Å².